The third-order valence-corrected chi connectivity index (χ3v) is 3.82. The third kappa shape index (κ3) is 2.51. The van der Waals surface area contributed by atoms with Crippen LogP contribution in [-0.2, 0) is 9.53 Å². The molecule has 0 aliphatic carbocycles. The molecule has 0 unspecified atom stereocenters. The highest BCUT2D eigenvalue weighted by molar-refractivity contribution is 6.02. The van der Waals surface area contributed by atoms with Crippen molar-refractivity contribution in [1.29, 1.82) is 0 Å². The normalized spacial score (nSPS) is 16.2. The number of benzene rings is 1. The summed E-state index contributed by atoms with van der Waals surface area (Å²) in [5, 5.41) is 4.04. The molecule has 1 N–H and O–H groups in total. The van der Waals surface area contributed by atoms with Gasteiger partial charge in [0.25, 0.3) is 0 Å². The summed E-state index contributed by atoms with van der Waals surface area (Å²) in [6.45, 7) is 3.38. The first-order valence-electron chi connectivity index (χ1n) is 6.98. The summed E-state index contributed by atoms with van der Waals surface area (Å²) in [6.07, 6.45) is 3.38. The number of carbonyl (C=O) groups excluding carboxylic acids is 1. The van der Waals surface area contributed by atoms with Gasteiger partial charge in [-0.05, 0) is 43.5 Å². The topological polar surface area (TPSA) is 51.2 Å². The minimum atomic E-state index is 0.0526. The van der Waals surface area contributed by atoms with Crippen LogP contribution in [0.2, 0.25) is 0 Å². The smallest absolute Gasteiger partial charge is 0.227 e. The minimum Gasteiger partial charge on any atom is -0.381 e. The average Bonchev–Trinajstić information content (AvgIpc) is 2.51. The van der Waals surface area contributed by atoms with Crippen molar-refractivity contribution in [2.45, 2.75) is 19.8 Å². The Balaban J connectivity index is 1.87. The predicted octanol–water partition coefficient (Wildman–Crippen LogP) is 2.91. The summed E-state index contributed by atoms with van der Waals surface area (Å²) in [4.78, 5) is 16.7. The number of aromatic nitrogens is 1. The van der Waals surface area contributed by atoms with Crippen molar-refractivity contribution in [2.75, 3.05) is 18.5 Å². The van der Waals surface area contributed by atoms with E-state index >= 15 is 0 Å². The van der Waals surface area contributed by atoms with E-state index in [-0.39, 0.29) is 11.8 Å². The van der Waals surface area contributed by atoms with Gasteiger partial charge >= 0.3 is 0 Å². The van der Waals surface area contributed by atoms with Crippen LogP contribution in [0.1, 0.15) is 18.4 Å². The summed E-state index contributed by atoms with van der Waals surface area (Å²) in [5.41, 5.74) is 2.90. The molecular weight excluding hydrogens is 252 g/mol. The molecule has 1 amide bonds. The Hall–Kier alpha value is -1.94. The Labute approximate surface area is 118 Å². The molecule has 0 bridgehead atoms. The highest BCUT2D eigenvalue weighted by Crippen LogP contribution is 2.26. The lowest BCUT2D eigenvalue weighted by Crippen LogP contribution is -2.28. The molecule has 1 saturated heterocycles. The highest BCUT2D eigenvalue weighted by atomic mass is 16.5. The fourth-order valence-electron chi connectivity index (χ4n) is 2.62. The minimum absolute atomic E-state index is 0.0526. The van der Waals surface area contributed by atoms with E-state index in [2.05, 4.69) is 10.3 Å². The SMILES string of the molecule is Cc1ccc(NC(=O)C2CCOCC2)c2cccnc12. The van der Waals surface area contributed by atoms with Gasteiger partial charge < -0.3 is 10.1 Å². The van der Waals surface area contributed by atoms with Gasteiger partial charge in [-0.25, -0.2) is 0 Å². The van der Waals surface area contributed by atoms with Gasteiger partial charge in [-0.1, -0.05) is 6.07 Å². The zero-order valence-electron chi connectivity index (χ0n) is 11.6. The van der Waals surface area contributed by atoms with E-state index < -0.39 is 0 Å². The first-order valence-corrected chi connectivity index (χ1v) is 6.98. The number of pyridine rings is 1. The molecule has 2 aromatic rings. The lowest BCUT2D eigenvalue weighted by atomic mass is 9.99. The number of anilines is 1. The molecular formula is C16H18N2O2. The summed E-state index contributed by atoms with van der Waals surface area (Å²) in [7, 11) is 0. The maximum absolute atomic E-state index is 12.3. The average molecular weight is 270 g/mol. The van der Waals surface area contributed by atoms with Gasteiger partial charge in [-0.15, -0.1) is 0 Å². The van der Waals surface area contributed by atoms with Gasteiger partial charge in [0, 0.05) is 30.7 Å². The van der Waals surface area contributed by atoms with Crippen molar-refractivity contribution >= 4 is 22.5 Å². The molecule has 1 fully saturated rings. The van der Waals surface area contributed by atoms with Crippen LogP contribution in [0, 0.1) is 12.8 Å². The van der Waals surface area contributed by atoms with Crippen LogP contribution < -0.4 is 5.32 Å². The van der Waals surface area contributed by atoms with Gasteiger partial charge in [-0.2, -0.15) is 0 Å². The van der Waals surface area contributed by atoms with Crippen LogP contribution in [0.25, 0.3) is 10.9 Å². The molecule has 4 nitrogen and oxygen atoms in total. The Morgan fingerprint density at radius 1 is 1.30 bits per heavy atom. The van der Waals surface area contributed by atoms with Gasteiger partial charge in [0.1, 0.15) is 0 Å². The van der Waals surface area contributed by atoms with Gasteiger partial charge in [0.05, 0.1) is 11.2 Å². The van der Waals surface area contributed by atoms with Crippen LogP contribution in [0.4, 0.5) is 5.69 Å². The van der Waals surface area contributed by atoms with E-state index in [0.29, 0.717) is 13.2 Å². The van der Waals surface area contributed by atoms with E-state index in [0.717, 1.165) is 35.0 Å². The lowest BCUT2D eigenvalue weighted by molar-refractivity contribution is -0.122. The standard InChI is InChI=1S/C16H18N2O2/c1-11-4-5-14(13-3-2-8-17-15(11)13)18-16(19)12-6-9-20-10-7-12/h2-5,8,12H,6-7,9-10H2,1H3,(H,18,19). The van der Waals surface area contributed by atoms with Crippen LogP contribution in [0.5, 0.6) is 0 Å². The number of amides is 1. The Morgan fingerprint density at radius 3 is 2.90 bits per heavy atom. The van der Waals surface area contributed by atoms with Crippen molar-refractivity contribution in [3.8, 4) is 0 Å². The van der Waals surface area contributed by atoms with E-state index in [9.17, 15) is 4.79 Å². The molecule has 1 aromatic heterocycles. The van der Waals surface area contributed by atoms with Crippen LogP contribution in [0.3, 0.4) is 0 Å². The zero-order valence-corrected chi connectivity index (χ0v) is 11.6. The monoisotopic (exact) mass is 270 g/mol. The number of hydrogen-bond acceptors (Lipinski definition) is 3. The molecule has 4 heteroatoms. The number of nitrogens with one attached hydrogen (secondary N) is 1. The number of carbonyl (C=O) groups is 1. The van der Waals surface area contributed by atoms with E-state index in [4.69, 9.17) is 4.74 Å². The summed E-state index contributed by atoms with van der Waals surface area (Å²) in [6, 6.07) is 7.84. The first kappa shape index (κ1) is 13.1. The summed E-state index contributed by atoms with van der Waals surface area (Å²) in [5.74, 6) is 0.138. The van der Waals surface area contributed by atoms with Gasteiger partial charge in [0.15, 0.2) is 0 Å². The molecule has 0 saturated carbocycles. The first-order chi connectivity index (χ1) is 9.75. The van der Waals surface area contributed by atoms with Crippen molar-refractivity contribution in [3.05, 3.63) is 36.0 Å². The second-order valence-electron chi connectivity index (χ2n) is 5.21. The number of hydrogen-bond donors (Lipinski definition) is 1. The third-order valence-electron chi connectivity index (χ3n) is 3.82. The highest BCUT2D eigenvalue weighted by Gasteiger charge is 2.22. The second kappa shape index (κ2) is 5.59. The zero-order chi connectivity index (χ0) is 13.9. The fourth-order valence-corrected chi connectivity index (χ4v) is 2.62. The van der Waals surface area contributed by atoms with Crippen LogP contribution >= 0.6 is 0 Å². The molecule has 104 valence electrons. The second-order valence-corrected chi connectivity index (χ2v) is 5.21. The molecule has 0 atom stereocenters. The van der Waals surface area contributed by atoms with Crippen molar-refractivity contribution < 1.29 is 9.53 Å². The molecule has 0 radical (unpaired) electrons. The molecule has 20 heavy (non-hydrogen) atoms. The lowest BCUT2D eigenvalue weighted by Gasteiger charge is -2.21. The predicted molar refractivity (Wildman–Crippen MR) is 78.7 cm³/mol. The van der Waals surface area contributed by atoms with Crippen LogP contribution in [0.15, 0.2) is 30.5 Å². The maximum Gasteiger partial charge on any atom is 0.227 e. The van der Waals surface area contributed by atoms with Crippen LogP contribution in [-0.4, -0.2) is 24.1 Å². The molecule has 2 heterocycles. The molecule has 1 aliphatic rings. The Morgan fingerprint density at radius 2 is 2.10 bits per heavy atom. The number of fused-ring (bicyclic) bond motifs is 1. The van der Waals surface area contributed by atoms with E-state index in [1.54, 1.807) is 6.20 Å². The quantitative estimate of drug-likeness (QED) is 0.913. The molecule has 3 rings (SSSR count). The van der Waals surface area contributed by atoms with E-state index in [1.807, 2.05) is 31.2 Å². The van der Waals surface area contributed by atoms with Crippen molar-refractivity contribution in [3.63, 3.8) is 0 Å². The molecule has 1 aliphatic heterocycles. The molecule has 1 aromatic carbocycles. The maximum atomic E-state index is 12.3. The number of nitrogens with zero attached hydrogens (tertiary/aromatic N) is 1. The number of rotatable bonds is 2. The van der Waals surface area contributed by atoms with Gasteiger partial charge in [-0.3, -0.25) is 9.78 Å². The summed E-state index contributed by atoms with van der Waals surface area (Å²) < 4.78 is 5.30. The number of ether oxygens (including phenoxy) is 1. The Bertz CT molecular complexity index is 633. The van der Waals surface area contributed by atoms with Gasteiger partial charge in [0.2, 0.25) is 5.91 Å². The fraction of sp³-hybridized carbons (Fsp3) is 0.375. The summed E-state index contributed by atoms with van der Waals surface area (Å²) >= 11 is 0. The number of aryl methyl sites for hydroxylation is 1. The van der Waals surface area contributed by atoms with Crippen molar-refractivity contribution in [1.82, 2.24) is 4.98 Å². The van der Waals surface area contributed by atoms with E-state index in [1.165, 1.54) is 0 Å². The largest absolute Gasteiger partial charge is 0.381 e. The van der Waals surface area contributed by atoms with Crippen molar-refractivity contribution in [2.24, 2.45) is 5.92 Å². The molecule has 0 spiro atoms. The Kier molecular flexibility index (Phi) is 3.65.